The molecule has 0 radical (unpaired) electrons. The Labute approximate surface area is 90.8 Å². The molecule has 0 aliphatic carbocycles. The Bertz CT molecular complexity index is 576. The molecule has 1 N–H and O–H groups in total. The highest BCUT2D eigenvalue weighted by molar-refractivity contribution is 7.10. The topological polar surface area (TPSA) is 41.6 Å². The van der Waals surface area contributed by atoms with Crippen LogP contribution >= 0.6 is 11.3 Å². The highest BCUT2D eigenvalue weighted by Gasteiger charge is 2.05. The highest BCUT2D eigenvalue weighted by atomic mass is 32.1. The molecule has 0 fully saturated rings. The van der Waals surface area contributed by atoms with Gasteiger partial charge in [-0.1, -0.05) is 0 Å². The van der Waals surface area contributed by atoms with Crippen molar-refractivity contribution in [2.45, 2.75) is 6.92 Å². The number of nitrogens with zero attached hydrogens (tertiary/aromatic N) is 2. The molecule has 3 heterocycles. The normalized spacial score (nSPS) is 11.0. The number of hydrogen-bond donors (Lipinski definition) is 1. The van der Waals surface area contributed by atoms with Crippen LogP contribution < -0.4 is 0 Å². The standard InChI is InChI=1S/C11H9N3S/c1-7-4-8(6-15-7)11-13-9-2-3-12-5-10(9)14-11/h2-6H,1H3,(H,13,14). The summed E-state index contributed by atoms with van der Waals surface area (Å²) in [4.78, 5) is 13.1. The number of aromatic amines is 1. The number of imidazole rings is 1. The van der Waals surface area contributed by atoms with Crippen LogP contribution in [0.3, 0.4) is 0 Å². The maximum Gasteiger partial charge on any atom is 0.139 e. The molecule has 0 saturated carbocycles. The van der Waals surface area contributed by atoms with Crippen molar-refractivity contribution in [3.8, 4) is 11.4 Å². The van der Waals surface area contributed by atoms with E-state index in [0.717, 1.165) is 22.4 Å². The van der Waals surface area contributed by atoms with Gasteiger partial charge < -0.3 is 4.98 Å². The van der Waals surface area contributed by atoms with Gasteiger partial charge in [0.2, 0.25) is 0 Å². The van der Waals surface area contributed by atoms with Gasteiger partial charge in [-0.25, -0.2) is 4.98 Å². The van der Waals surface area contributed by atoms with E-state index >= 15 is 0 Å². The summed E-state index contributed by atoms with van der Waals surface area (Å²) in [6.45, 7) is 2.10. The third kappa shape index (κ3) is 1.43. The Balaban J connectivity index is 2.19. The molecule has 3 rings (SSSR count). The molecular formula is C11H9N3S. The van der Waals surface area contributed by atoms with Crippen LogP contribution in [0.5, 0.6) is 0 Å². The van der Waals surface area contributed by atoms with Gasteiger partial charge in [0.05, 0.1) is 17.2 Å². The van der Waals surface area contributed by atoms with E-state index in [-0.39, 0.29) is 0 Å². The fourth-order valence-corrected chi connectivity index (χ4v) is 2.25. The van der Waals surface area contributed by atoms with Gasteiger partial charge in [-0.3, -0.25) is 4.98 Å². The lowest BCUT2D eigenvalue weighted by molar-refractivity contribution is 1.33. The minimum atomic E-state index is 0.919. The summed E-state index contributed by atoms with van der Waals surface area (Å²) >= 11 is 1.73. The van der Waals surface area contributed by atoms with Crippen molar-refractivity contribution in [3.63, 3.8) is 0 Å². The summed E-state index contributed by atoms with van der Waals surface area (Å²) in [5, 5.41) is 2.11. The zero-order valence-electron chi connectivity index (χ0n) is 8.19. The number of rotatable bonds is 1. The zero-order valence-corrected chi connectivity index (χ0v) is 9.01. The molecule has 0 aliphatic heterocycles. The van der Waals surface area contributed by atoms with E-state index in [1.54, 1.807) is 23.7 Å². The minimum absolute atomic E-state index is 0.919. The number of nitrogens with one attached hydrogen (secondary N) is 1. The average molecular weight is 215 g/mol. The van der Waals surface area contributed by atoms with Gasteiger partial charge in [-0.05, 0) is 19.1 Å². The molecule has 74 valence electrons. The van der Waals surface area contributed by atoms with Crippen LogP contribution in [0.25, 0.3) is 22.4 Å². The molecule has 0 aromatic carbocycles. The maximum atomic E-state index is 4.51. The first-order chi connectivity index (χ1) is 7.33. The first kappa shape index (κ1) is 8.61. The fraction of sp³-hybridized carbons (Fsp3) is 0.0909. The van der Waals surface area contributed by atoms with Crippen LogP contribution in [-0.4, -0.2) is 15.0 Å². The number of H-pyrrole nitrogens is 1. The van der Waals surface area contributed by atoms with Gasteiger partial charge in [-0.2, -0.15) is 0 Å². The summed E-state index contributed by atoms with van der Waals surface area (Å²) < 4.78 is 0. The molecule has 3 aromatic heterocycles. The Morgan fingerprint density at radius 2 is 2.33 bits per heavy atom. The van der Waals surface area contributed by atoms with Gasteiger partial charge in [-0.15, -0.1) is 11.3 Å². The molecule has 0 aliphatic rings. The van der Waals surface area contributed by atoms with Crippen molar-refractivity contribution >= 4 is 22.4 Å². The largest absolute Gasteiger partial charge is 0.337 e. The second-order valence-corrected chi connectivity index (χ2v) is 4.54. The molecule has 3 nitrogen and oxygen atoms in total. The van der Waals surface area contributed by atoms with Crippen molar-refractivity contribution in [3.05, 3.63) is 34.8 Å². The van der Waals surface area contributed by atoms with Crippen molar-refractivity contribution in [1.82, 2.24) is 15.0 Å². The quantitative estimate of drug-likeness (QED) is 0.678. The summed E-state index contributed by atoms with van der Waals surface area (Å²) in [7, 11) is 0. The van der Waals surface area contributed by atoms with Gasteiger partial charge in [0.1, 0.15) is 5.82 Å². The molecule has 0 unspecified atom stereocenters. The average Bonchev–Trinajstić information content (AvgIpc) is 2.82. The van der Waals surface area contributed by atoms with E-state index in [9.17, 15) is 0 Å². The predicted molar refractivity (Wildman–Crippen MR) is 61.9 cm³/mol. The van der Waals surface area contributed by atoms with Crippen molar-refractivity contribution in [2.24, 2.45) is 0 Å². The van der Waals surface area contributed by atoms with Gasteiger partial charge in [0.25, 0.3) is 0 Å². The van der Waals surface area contributed by atoms with Crippen LogP contribution in [-0.2, 0) is 0 Å². The first-order valence-electron chi connectivity index (χ1n) is 4.68. The lowest BCUT2D eigenvalue weighted by Gasteiger charge is -1.86. The Kier molecular flexibility index (Phi) is 1.82. The molecule has 4 heteroatoms. The van der Waals surface area contributed by atoms with Crippen LogP contribution in [0.4, 0.5) is 0 Å². The molecule has 15 heavy (non-hydrogen) atoms. The molecule has 0 saturated heterocycles. The lowest BCUT2D eigenvalue weighted by Crippen LogP contribution is -1.74. The van der Waals surface area contributed by atoms with Crippen molar-refractivity contribution in [1.29, 1.82) is 0 Å². The third-order valence-corrected chi connectivity index (χ3v) is 3.15. The second kappa shape index (κ2) is 3.17. The fourth-order valence-electron chi connectivity index (χ4n) is 1.56. The van der Waals surface area contributed by atoms with Gasteiger partial charge >= 0.3 is 0 Å². The molecular weight excluding hydrogens is 206 g/mol. The van der Waals surface area contributed by atoms with E-state index < -0.39 is 0 Å². The summed E-state index contributed by atoms with van der Waals surface area (Å²) in [6, 6.07) is 4.05. The number of aromatic nitrogens is 3. The predicted octanol–water partition coefficient (Wildman–Crippen LogP) is 2.99. The smallest absolute Gasteiger partial charge is 0.139 e. The van der Waals surface area contributed by atoms with Crippen molar-refractivity contribution in [2.75, 3.05) is 0 Å². The zero-order chi connectivity index (χ0) is 10.3. The van der Waals surface area contributed by atoms with Crippen LogP contribution in [0.15, 0.2) is 29.9 Å². The molecule has 0 atom stereocenters. The maximum absolute atomic E-state index is 4.51. The van der Waals surface area contributed by atoms with Gasteiger partial charge in [0, 0.05) is 22.0 Å². The van der Waals surface area contributed by atoms with Gasteiger partial charge in [0.15, 0.2) is 0 Å². The summed E-state index contributed by atoms with van der Waals surface area (Å²) in [6.07, 6.45) is 3.55. The molecule has 0 spiro atoms. The first-order valence-corrected chi connectivity index (χ1v) is 5.56. The van der Waals surface area contributed by atoms with Crippen molar-refractivity contribution < 1.29 is 0 Å². The number of fused-ring (bicyclic) bond motifs is 1. The van der Waals surface area contributed by atoms with E-state index in [1.165, 1.54) is 4.88 Å². The Morgan fingerprint density at radius 3 is 3.07 bits per heavy atom. The molecule has 0 amide bonds. The van der Waals surface area contributed by atoms with E-state index in [1.807, 2.05) is 6.07 Å². The SMILES string of the molecule is Cc1cc(-c2nc3ccncc3[nH]2)cs1. The lowest BCUT2D eigenvalue weighted by atomic mass is 10.3. The number of thiophene rings is 1. The number of hydrogen-bond acceptors (Lipinski definition) is 3. The van der Waals surface area contributed by atoms with Crippen LogP contribution in [0.1, 0.15) is 4.88 Å². The van der Waals surface area contributed by atoms with E-state index in [0.29, 0.717) is 0 Å². The number of aryl methyl sites for hydroxylation is 1. The third-order valence-electron chi connectivity index (χ3n) is 2.29. The monoisotopic (exact) mass is 215 g/mol. The summed E-state index contributed by atoms with van der Waals surface area (Å²) in [5.41, 5.74) is 3.09. The molecule has 3 aromatic rings. The minimum Gasteiger partial charge on any atom is -0.337 e. The van der Waals surface area contributed by atoms with Crippen LogP contribution in [0, 0.1) is 6.92 Å². The second-order valence-electron chi connectivity index (χ2n) is 3.42. The Morgan fingerprint density at radius 1 is 1.40 bits per heavy atom. The van der Waals surface area contributed by atoms with Crippen LogP contribution in [0.2, 0.25) is 0 Å². The van der Waals surface area contributed by atoms with E-state index in [2.05, 4.69) is 33.3 Å². The highest BCUT2D eigenvalue weighted by Crippen LogP contribution is 2.24. The summed E-state index contributed by atoms with van der Waals surface area (Å²) in [5.74, 6) is 0.919. The van der Waals surface area contributed by atoms with E-state index in [4.69, 9.17) is 0 Å². The molecule has 0 bridgehead atoms. The Hall–Kier alpha value is -1.68. The number of pyridine rings is 1.